The first-order chi connectivity index (χ1) is 20.0. The highest BCUT2D eigenvalue weighted by atomic mass is 32.1. The summed E-state index contributed by atoms with van der Waals surface area (Å²) in [6.45, 7) is 3.73. The first-order valence-corrected chi connectivity index (χ1v) is 14.0. The van der Waals surface area contributed by atoms with Crippen molar-refractivity contribution in [1.29, 1.82) is 0 Å². The fraction of sp³-hybridized carbons (Fsp3) is 0.188. The van der Waals surface area contributed by atoms with E-state index in [4.69, 9.17) is 19.2 Å². The topological polar surface area (TPSA) is 96.2 Å². The molecular formula is C32H28N2O6S. The van der Waals surface area contributed by atoms with E-state index in [9.17, 15) is 14.4 Å². The number of fused-ring (bicyclic) bond motifs is 1. The van der Waals surface area contributed by atoms with Crippen LogP contribution in [0.2, 0.25) is 0 Å². The number of rotatable bonds is 9. The molecule has 0 bridgehead atoms. The first-order valence-electron chi connectivity index (χ1n) is 13.2. The van der Waals surface area contributed by atoms with Crippen LogP contribution in [-0.2, 0) is 19.1 Å². The van der Waals surface area contributed by atoms with Crippen molar-refractivity contribution in [2.45, 2.75) is 19.9 Å². The number of carbonyl (C=O) groups is 2. The minimum atomic E-state index is -0.733. The molecule has 5 rings (SSSR count). The van der Waals surface area contributed by atoms with Gasteiger partial charge in [0.05, 0.1) is 35.1 Å². The molecule has 0 fully saturated rings. The Morgan fingerprint density at radius 1 is 0.927 bits per heavy atom. The number of thiazole rings is 1. The van der Waals surface area contributed by atoms with Gasteiger partial charge in [-0.05, 0) is 43.2 Å². The zero-order valence-corrected chi connectivity index (χ0v) is 23.4. The van der Waals surface area contributed by atoms with E-state index in [1.165, 1.54) is 11.3 Å². The van der Waals surface area contributed by atoms with Crippen LogP contribution in [0.15, 0.2) is 100 Å². The molecule has 41 heavy (non-hydrogen) atoms. The van der Waals surface area contributed by atoms with Crippen LogP contribution in [0.3, 0.4) is 0 Å². The van der Waals surface area contributed by atoms with Crippen molar-refractivity contribution in [3.8, 4) is 5.75 Å². The Morgan fingerprint density at radius 3 is 2.34 bits per heavy atom. The summed E-state index contributed by atoms with van der Waals surface area (Å²) < 4.78 is 18.0. The van der Waals surface area contributed by atoms with Gasteiger partial charge in [-0.1, -0.05) is 84.1 Å². The van der Waals surface area contributed by atoms with Gasteiger partial charge in [0, 0.05) is 5.56 Å². The van der Waals surface area contributed by atoms with Gasteiger partial charge in [0.15, 0.2) is 11.4 Å². The Balaban J connectivity index is 1.66. The minimum Gasteiger partial charge on any atom is -0.482 e. The molecule has 0 aliphatic carbocycles. The zero-order valence-electron chi connectivity index (χ0n) is 22.6. The molecule has 1 aliphatic heterocycles. The van der Waals surface area contributed by atoms with Gasteiger partial charge in [0.1, 0.15) is 5.75 Å². The molecule has 3 aromatic carbocycles. The van der Waals surface area contributed by atoms with E-state index in [-0.39, 0.29) is 25.4 Å². The van der Waals surface area contributed by atoms with Crippen LogP contribution in [0, 0.1) is 0 Å². The lowest BCUT2D eigenvalue weighted by atomic mass is 9.93. The fourth-order valence-electron chi connectivity index (χ4n) is 4.58. The molecule has 1 aromatic heterocycles. The lowest BCUT2D eigenvalue weighted by molar-refractivity contribution is -0.145. The molecule has 0 amide bonds. The maximum absolute atomic E-state index is 14.0. The van der Waals surface area contributed by atoms with E-state index in [0.29, 0.717) is 31.9 Å². The summed E-state index contributed by atoms with van der Waals surface area (Å²) in [6, 6.07) is 25.2. The van der Waals surface area contributed by atoms with E-state index in [2.05, 4.69) is 0 Å². The molecular weight excluding hydrogens is 540 g/mol. The summed E-state index contributed by atoms with van der Waals surface area (Å²) in [5.41, 5.74) is 2.72. The molecule has 0 radical (unpaired) electrons. The van der Waals surface area contributed by atoms with Crippen molar-refractivity contribution in [2.75, 3.05) is 19.8 Å². The number of aromatic nitrogens is 1. The minimum absolute atomic E-state index is 0.185. The number of esters is 2. The standard InChI is InChI=1S/C32H28N2O6S/c1-3-38-26(35)20-40-24-17-11-12-21(18-24)19-25-30(36)34-29(23-15-9-6-10-16-23)27(31(37)39-4-2)28(33-32(34)41-25)22-13-7-5-8-14-22/h5-19,29H,3-4,20H2,1-2H3/b25-19-/t29-/m0/s1. The van der Waals surface area contributed by atoms with E-state index in [1.807, 2.05) is 66.7 Å². The highest BCUT2D eigenvalue weighted by Crippen LogP contribution is 2.35. The molecule has 0 unspecified atom stereocenters. The second-order valence-corrected chi connectivity index (χ2v) is 10.0. The third-order valence-corrected chi connectivity index (χ3v) is 7.29. The lowest BCUT2D eigenvalue weighted by Gasteiger charge is -2.25. The van der Waals surface area contributed by atoms with Crippen molar-refractivity contribution in [3.63, 3.8) is 0 Å². The molecule has 0 saturated heterocycles. The highest BCUT2D eigenvalue weighted by molar-refractivity contribution is 7.07. The molecule has 0 spiro atoms. The molecule has 0 saturated carbocycles. The number of carbonyl (C=O) groups excluding carboxylic acids is 2. The molecule has 1 atom stereocenters. The Bertz CT molecular complexity index is 1770. The van der Waals surface area contributed by atoms with Crippen molar-refractivity contribution in [1.82, 2.24) is 4.57 Å². The average molecular weight is 569 g/mol. The molecule has 8 nitrogen and oxygen atoms in total. The van der Waals surface area contributed by atoms with Gasteiger partial charge in [0.25, 0.3) is 5.56 Å². The molecule has 1 aliphatic rings. The van der Waals surface area contributed by atoms with Gasteiger partial charge in [-0.3, -0.25) is 9.36 Å². The first kappa shape index (κ1) is 27.8. The largest absolute Gasteiger partial charge is 0.482 e. The monoisotopic (exact) mass is 568 g/mol. The van der Waals surface area contributed by atoms with Gasteiger partial charge in [-0.2, -0.15) is 0 Å². The molecule has 9 heteroatoms. The van der Waals surface area contributed by atoms with Crippen LogP contribution in [-0.4, -0.2) is 36.3 Å². The van der Waals surface area contributed by atoms with Crippen LogP contribution >= 0.6 is 11.3 Å². The maximum Gasteiger partial charge on any atom is 0.344 e. The third kappa shape index (κ3) is 6.05. The van der Waals surface area contributed by atoms with Crippen molar-refractivity contribution >= 4 is 35.0 Å². The number of hydrogen-bond donors (Lipinski definition) is 0. The number of benzene rings is 3. The summed E-state index contributed by atoms with van der Waals surface area (Å²) >= 11 is 1.24. The normalized spacial score (nSPS) is 14.7. The smallest absolute Gasteiger partial charge is 0.344 e. The lowest BCUT2D eigenvalue weighted by Crippen LogP contribution is -2.39. The van der Waals surface area contributed by atoms with Gasteiger partial charge in [-0.15, -0.1) is 0 Å². The third-order valence-electron chi connectivity index (χ3n) is 6.31. The summed E-state index contributed by atoms with van der Waals surface area (Å²) in [5, 5.41) is 0. The Morgan fingerprint density at radius 2 is 1.63 bits per heavy atom. The van der Waals surface area contributed by atoms with Crippen LogP contribution in [0.1, 0.15) is 36.6 Å². The van der Waals surface area contributed by atoms with Crippen LogP contribution in [0.4, 0.5) is 0 Å². The SMILES string of the molecule is CCOC(=O)COc1cccc(/C=c2\sc3n(c2=O)[C@@H](c2ccccc2)C(C(=O)OCC)=C(c2ccccc2)N=3)c1. The summed E-state index contributed by atoms with van der Waals surface area (Å²) in [4.78, 5) is 44.4. The van der Waals surface area contributed by atoms with Crippen LogP contribution in [0.25, 0.3) is 11.8 Å². The number of hydrogen-bond acceptors (Lipinski definition) is 8. The van der Waals surface area contributed by atoms with Gasteiger partial charge in [0.2, 0.25) is 0 Å². The van der Waals surface area contributed by atoms with Crippen molar-refractivity contribution in [3.05, 3.63) is 127 Å². The maximum atomic E-state index is 14.0. The predicted molar refractivity (Wildman–Crippen MR) is 156 cm³/mol. The van der Waals surface area contributed by atoms with Gasteiger partial charge >= 0.3 is 11.9 Å². The van der Waals surface area contributed by atoms with Crippen LogP contribution in [0.5, 0.6) is 5.75 Å². The fourth-order valence-corrected chi connectivity index (χ4v) is 5.58. The van der Waals surface area contributed by atoms with E-state index >= 15 is 0 Å². The Hall–Kier alpha value is -4.76. The molecule has 4 aromatic rings. The molecule has 2 heterocycles. The number of ether oxygens (including phenoxy) is 3. The Kier molecular flexibility index (Phi) is 8.55. The van der Waals surface area contributed by atoms with Crippen molar-refractivity contribution < 1.29 is 23.8 Å². The zero-order chi connectivity index (χ0) is 28.8. The highest BCUT2D eigenvalue weighted by Gasteiger charge is 2.35. The molecule has 0 N–H and O–H groups in total. The van der Waals surface area contributed by atoms with Crippen LogP contribution < -0.4 is 19.6 Å². The van der Waals surface area contributed by atoms with Crippen molar-refractivity contribution in [2.24, 2.45) is 4.99 Å². The second-order valence-electron chi connectivity index (χ2n) is 9.01. The summed E-state index contributed by atoms with van der Waals surface area (Å²) in [5.74, 6) is -0.513. The summed E-state index contributed by atoms with van der Waals surface area (Å²) in [7, 11) is 0. The Labute approximate surface area is 240 Å². The predicted octanol–water partition coefficient (Wildman–Crippen LogP) is 3.88. The second kappa shape index (κ2) is 12.6. The van der Waals surface area contributed by atoms with Gasteiger partial charge in [-0.25, -0.2) is 14.6 Å². The van der Waals surface area contributed by atoms with E-state index in [0.717, 1.165) is 11.1 Å². The van der Waals surface area contributed by atoms with E-state index in [1.54, 1.807) is 42.7 Å². The number of nitrogens with zero attached hydrogens (tertiary/aromatic N) is 2. The average Bonchev–Trinajstić information content (AvgIpc) is 3.30. The molecule has 208 valence electrons. The van der Waals surface area contributed by atoms with E-state index < -0.39 is 18.0 Å². The quantitative estimate of drug-likeness (QED) is 0.285. The summed E-state index contributed by atoms with van der Waals surface area (Å²) in [6.07, 6.45) is 1.75. The van der Waals surface area contributed by atoms with Gasteiger partial charge < -0.3 is 14.2 Å².